The highest BCUT2D eigenvalue weighted by atomic mass is 19.4. The number of rotatable bonds is 3. The van der Waals surface area contributed by atoms with Crippen molar-refractivity contribution in [2.45, 2.75) is 32.4 Å². The molecule has 6 nitrogen and oxygen atoms in total. The van der Waals surface area contributed by atoms with Gasteiger partial charge in [-0.3, -0.25) is 0 Å². The lowest BCUT2D eigenvalue weighted by molar-refractivity contribution is -0.274. The second-order valence-corrected chi connectivity index (χ2v) is 6.84. The predicted octanol–water partition coefficient (Wildman–Crippen LogP) is 3.91. The van der Waals surface area contributed by atoms with Gasteiger partial charge in [0.05, 0.1) is 24.1 Å². The predicted molar refractivity (Wildman–Crippen MR) is 97.3 cm³/mol. The molecule has 1 aromatic carbocycles. The van der Waals surface area contributed by atoms with Crippen LogP contribution in [0.2, 0.25) is 0 Å². The van der Waals surface area contributed by atoms with Gasteiger partial charge in [0.2, 0.25) is 0 Å². The highest BCUT2D eigenvalue weighted by Crippen LogP contribution is 2.27. The number of alkyl halides is 3. The van der Waals surface area contributed by atoms with E-state index in [2.05, 4.69) is 14.6 Å². The van der Waals surface area contributed by atoms with Crippen LogP contribution in [0.4, 0.5) is 19.0 Å². The number of ether oxygens (including phenoxy) is 2. The van der Waals surface area contributed by atoms with Crippen LogP contribution >= 0.6 is 0 Å². The maximum atomic E-state index is 12.3. The van der Waals surface area contributed by atoms with Crippen LogP contribution in [0.1, 0.15) is 13.8 Å². The largest absolute Gasteiger partial charge is 0.573 e. The lowest BCUT2D eigenvalue weighted by Gasteiger charge is -2.35. The van der Waals surface area contributed by atoms with Crippen molar-refractivity contribution in [3.63, 3.8) is 0 Å². The Morgan fingerprint density at radius 3 is 2.36 bits per heavy atom. The number of hydrogen-bond acceptors (Lipinski definition) is 5. The quantitative estimate of drug-likeness (QED) is 0.677. The van der Waals surface area contributed by atoms with Gasteiger partial charge in [0.25, 0.3) is 0 Å². The Morgan fingerprint density at radius 2 is 1.71 bits per heavy atom. The number of anilines is 1. The maximum absolute atomic E-state index is 12.3. The second kappa shape index (κ2) is 6.97. The van der Waals surface area contributed by atoms with Gasteiger partial charge in [-0.05, 0) is 50.2 Å². The summed E-state index contributed by atoms with van der Waals surface area (Å²) < 4.78 is 48.4. The minimum atomic E-state index is -4.71. The molecule has 1 aliphatic heterocycles. The van der Waals surface area contributed by atoms with E-state index in [0.717, 1.165) is 18.9 Å². The zero-order valence-corrected chi connectivity index (χ0v) is 15.3. The molecule has 0 saturated carbocycles. The maximum Gasteiger partial charge on any atom is 0.573 e. The number of halogens is 3. The lowest BCUT2D eigenvalue weighted by atomic mass is 10.1. The molecule has 4 rings (SSSR count). The molecule has 0 aliphatic carbocycles. The van der Waals surface area contributed by atoms with Crippen molar-refractivity contribution in [3.05, 3.63) is 42.6 Å². The Bertz CT molecular complexity index is 961. The molecule has 148 valence electrons. The SMILES string of the molecule is C[C@@H]1CN(c2ccc3ncc(-c4ccc(OC(F)(F)F)cc4)n3n2)C[C@H](C)O1. The van der Waals surface area contributed by atoms with Crippen LogP contribution < -0.4 is 9.64 Å². The third-order valence-corrected chi connectivity index (χ3v) is 4.48. The Labute approximate surface area is 159 Å². The topological polar surface area (TPSA) is 51.9 Å². The minimum Gasteiger partial charge on any atom is -0.406 e. The van der Waals surface area contributed by atoms with E-state index in [4.69, 9.17) is 9.84 Å². The van der Waals surface area contributed by atoms with Crippen molar-refractivity contribution < 1.29 is 22.6 Å². The van der Waals surface area contributed by atoms with E-state index in [1.54, 1.807) is 22.8 Å². The Morgan fingerprint density at radius 1 is 1.04 bits per heavy atom. The number of morpholine rings is 1. The molecule has 9 heteroatoms. The zero-order valence-electron chi connectivity index (χ0n) is 15.3. The van der Waals surface area contributed by atoms with Crippen LogP contribution in [0.5, 0.6) is 5.75 Å². The molecule has 2 aromatic heterocycles. The third-order valence-electron chi connectivity index (χ3n) is 4.48. The molecule has 0 amide bonds. The van der Waals surface area contributed by atoms with Gasteiger partial charge in [0.15, 0.2) is 5.65 Å². The van der Waals surface area contributed by atoms with Gasteiger partial charge in [-0.2, -0.15) is 0 Å². The first kappa shape index (κ1) is 18.5. The van der Waals surface area contributed by atoms with Gasteiger partial charge in [0, 0.05) is 18.7 Å². The number of aromatic nitrogens is 3. The molecule has 0 spiro atoms. The monoisotopic (exact) mass is 392 g/mol. The normalized spacial score (nSPS) is 20.5. The smallest absolute Gasteiger partial charge is 0.406 e. The highest BCUT2D eigenvalue weighted by molar-refractivity contribution is 5.64. The first-order valence-corrected chi connectivity index (χ1v) is 8.90. The summed E-state index contributed by atoms with van der Waals surface area (Å²) in [5, 5.41) is 4.70. The summed E-state index contributed by atoms with van der Waals surface area (Å²) in [6, 6.07) is 9.44. The summed E-state index contributed by atoms with van der Waals surface area (Å²) in [5.74, 6) is 0.529. The molecule has 3 aromatic rings. The van der Waals surface area contributed by atoms with Crippen LogP contribution in [-0.4, -0.2) is 46.3 Å². The van der Waals surface area contributed by atoms with E-state index in [9.17, 15) is 13.2 Å². The molecule has 2 atom stereocenters. The molecule has 0 unspecified atom stereocenters. The van der Waals surface area contributed by atoms with E-state index in [1.807, 2.05) is 26.0 Å². The van der Waals surface area contributed by atoms with Gasteiger partial charge in [0.1, 0.15) is 11.6 Å². The van der Waals surface area contributed by atoms with E-state index in [1.165, 1.54) is 12.1 Å². The molecule has 28 heavy (non-hydrogen) atoms. The van der Waals surface area contributed by atoms with Gasteiger partial charge in [-0.25, -0.2) is 9.50 Å². The fraction of sp³-hybridized carbons (Fsp3) is 0.368. The number of nitrogens with zero attached hydrogens (tertiary/aromatic N) is 4. The average molecular weight is 392 g/mol. The molecular formula is C19H19F3N4O2. The van der Waals surface area contributed by atoms with E-state index in [0.29, 0.717) is 16.9 Å². The van der Waals surface area contributed by atoms with E-state index in [-0.39, 0.29) is 18.0 Å². The summed E-state index contributed by atoms with van der Waals surface area (Å²) in [7, 11) is 0. The summed E-state index contributed by atoms with van der Waals surface area (Å²) in [6.07, 6.45) is -2.86. The number of hydrogen-bond donors (Lipinski definition) is 0. The molecule has 1 aliphatic rings. The zero-order chi connectivity index (χ0) is 19.9. The van der Waals surface area contributed by atoms with Crippen LogP contribution in [0.15, 0.2) is 42.6 Å². The standard InChI is InChI=1S/C19H19F3N4O2/c1-12-10-25(11-13(2)27-12)18-8-7-17-23-9-16(26(17)24-18)14-3-5-15(6-4-14)28-19(20,21)22/h3-9,12-13H,10-11H2,1-2H3/t12-,13+. The minimum absolute atomic E-state index is 0.102. The molecular weight excluding hydrogens is 373 g/mol. The van der Waals surface area contributed by atoms with Gasteiger partial charge in [-0.15, -0.1) is 18.3 Å². The first-order chi connectivity index (χ1) is 13.3. The van der Waals surface area contributed by atoms with Crippen molar-refractivity contribution in [2.24, 2.45) is 0 Å². The molecule has 1 fully saturated rings. The van der Waals surface area contributed by atoms with Crippen molar-refractivity contribution in [1.82, 2.24) is 14.6 Å². The van der Waals surface area contributed by atoms with E-state index < -0.39 is 6.36 Å². The molecule has 0 radical (unpaired) electrons. The fourth-order valence-electron chi connectivity index (χ4n) is 3.42. The summed E-state index contributed by atoms with van der Waals surface area (Å²) in [4.78, 5) is 6.49. The summed E-state index contributed by atoms with van der Waals surface area (Å²) in [5.41, 5.74) is 2.03. The molecule has 3 heterocycles. The Hall–Kier alpha value is -2.81. The van der Waals surface area contributed by atoms with Gasteiger partial charge < -0.3 is 14.4 Å². The van der Waals surface area contributed by atoms with Crippen LogP contribution in [-0.2, 0) is 4.74 Å². The number of imidazole rings is 1. The van der Waals surface area contributed by atoms with Crippen LogP contribution in [0.25, 0.3) is 16.9 Å². The molecule has 0 N–H and O–H groups in total. The highest BCUT2D eigenvalue weighted by Gasteiger charge is 2.31. The van der Waals surface area contributed by atoms with Crippen molar-refractivity contribution in [3.8, 4) is 17.0 Å². The third kappa shape index (κ3) is 3.89. The van der Waals surface area contributed by atoms with Crippen LogP contribution in [0.3, 0.4) is 0 Å². The first-order valence-electron chi connectivity index (χ1n) is 8.90. The Kier molecular flexibility index (Phi) is 4.62. The van der Waals surface area contributed by atoms with E-state index >= 15 is 0 Å². The van der Waals surface area contributed by atoms with Crippen LogP contribution in [0, 0.1) is 0 Å². The van der Waals surface area contributed by atoms with Crippen molar-refractivity contribution in [2.75, 3.05) is 18.0 Å². The van der Waals surface area contributed by atoms with Crippen molar-refractivity contribution >= 4 is 11.5 Å². The lowest BCUT2D eigenvalue weighted by Crippen LogP contribution is -2.46. The summed E-state index contributed by atoms with van der Waals surface area (Å²) >= 11 is 0. The molecule has 0 bridgehead atoms. The van der Waals surface area contributed by atoms with Crippen molar-refractivity contribution in [1.29, 1.82) is 0 Å². The molecule has 1 saturated heterocycles. The Balaban J connectivity index is 1.65. The van der Waals surface area contributed by atoms with Gasteiger partial charge >= 0.3 is 6.36 Å². The number of fused-ring (bicyclic) bond motifs is 1. The van der Waals surface area contributed by atoms with Gasteiger partial charge in [-0.1, -0.05) is 0 Å². The average Bonchev–Trinajstić information content (AvgIpc) is 3.03. The second-order valence-electron chi connectivity index (χ2n) is 6.84. The number of benzene rings is 1. The summed E-state index contributed by atoms with van der Waals surface area (Å²) in [6.45, 7) is 5.51. The fourth-order valence-corrected chi connectivity index (χ4v) is 3.42.